The van der Waals surface area contributed by atoms with Crippen molar-refractivity contribution in [1.29, 1.82) is 0 Å². The molecule has 20 heavy (non-hydrogen) atoms. The summed E-state index contributed by atoms with van der Waals surface area (Å²) in [4.78, 5) is 5.51. The molecule has 0 atom stereocenters. The molecular weight excluding hydrogens is 381 g/mol. The van der Waals surface area contributed by atoms with E-state index in [0.29, 0.717) is 16.6 Å². The summed E-state index contributed by atoms with van der Waals surface area (Å²) in [6.07, 6.45) is 2.02. The number of hydrogen-bond donors (Lipinski definition) is 1. The standard InChI is InChI=1S/C13H10BrCl2N3S/c1-7-10(19-4-5-20-13(19)18-7)6-17-9-3-2-8(14)11(15)12(9)16/h2-5,17H,6H2,1H3. The molecule has 1 N–H and O–H groups in total. The smallest absolute Gasteiger partial charge is 0.194 e. The molecule has 0 saturated heterocycles. The maximum absolute atomic E-state index is 6.23. The number of imidazole rings is 1. The third-order valence-corrected chi connectivity index (χ3v) is 5.57. The van der Waals surface area contributed by atoms with Crippen molar-refractivity contribution in [2.24, 2.45) is 0 Å². The number of aryl methyl sites for hydroxylation is 1. The molecule has 1 aromatic carbocycles. The van der Waals surface area contributed by atoms with Crippen molar-refractivity contribution in [1.82, 2.24) is 9.38 Å². The van der Waals surface area contributed by atoms with E-state index >= 15 is 0 Å². The van der Waals surface area contributed by atoms with Gasteiger partial charge in [0.15, 0.2) is 4.96 Å². The van der Waals surface area contributed by atoms with Crippen LogP contribution in [0.15, 0.2) is 28.2 Å². The minimum Gasteiger partial charge on any atom is -0.378 e. The molecule has 0 aliphatic rings. The molecule has 0 aliphatic heterocycles. The number of nitrogens with one attached hydrogen (secondary N) is 1. The molecule has 0 fully saturated rings. The molecule has 0 spiro atoms. The maximum atomic E-state index is 6.23. The van der Waals surface area contributed by atoms with Crippen LogP contribution in [0.1, 0.15) is 11.4 Å². The molecule has 3 rings (SSSR count). The molecular formula is C13H10BrCl2N3S. The molecule has 0 unspecified atom stereocenters. The highest BCUT2D eigenvalue weighted by molar-refractivity contribution is 9.10. The van der Waals surface area contributed by atoms with Crippen LogP contribution in [0.2, 0.25) is 10.0 Å². The van der Waals surface area contributed by atoms with Gasteiger partial charge in [-0.05, 0) is 35.0 Å². The van der Waals surface area contributed by atoms with E-state index in [1.807, 2.05) is 30.6 Å². The third-order valence-electron chi connectivity index (χ3n) is 3.04. The third kappa shape index (κ3) is 2.44. The Morgan fingerprint density at radius 2 is 2.15 bits per heavy atom. The summed E-state index contributed by atoms with van der Waals surface area (Å²) in [6.45, 7) is 2.65. The number of nitrogens with zero attached hydrogens (tertiary/aromatic N) is 2. The van der Waals surface area contributed by atoms with E-state index in [1.165, 1.54) is 0 Å². The lowest BCUT2D eigenvalue weighted by molar-refractivity contribution is 0.994. The average Bonchev–Trinajstić information content (AvgIpc) is 2.97. The summed E-state index contributed by atoms with van der Waals surface area (Å²) in [5, 5.41) is 6.37. The van der Waals surface area contributed by atoms with Gasteiger partial charge in [0.05, 0.1) is 33.7 Å². The largest absolute Gasteiger partial charge is 0.378 e. The number of benzene rings is 1. The molecule has 0 radical (unpaired) electrons. The van der Waals surface area contributed by atoms with Crippen LogP contribution >= 0.6 is 50.5 Å². The number of hydrogen-bond acceptors (Lipinski definition) is 3. The molecule has 0 saturated carbocycles. The van der Waals surface area contributed by atoms with Gasteiger partial charge >= 0.3 is 0 Å². The average molecular weight is 391 g/mol. The van der Waals surface area contributed by atoms with Crippen molar-refractivity contribution in [3.8, 4) is 0 Å². The van der Waals surface area contributed by atoms with Gasteiger partial charge < -0.3 is 5.32 Å². The van der Waals surface area contributed by atoms with Crippen molar-refractivity contribution >= 4 is 61.1 Å². The van der Waals surface area contributed by atoms with Gasteiger partial charge in [-0.1, -0.05) is 23.2 Å². The first-order chi connectivity index (χ1) is 9.58. The Balaban J connectivity index is 1.88. The van der Waals surface area contributed by atoms with Crippen molar-refractivity contribution in [3.05, 3.63) is 49.6 Å². The van der Waals surface area contributed by atoms with E-state index in [-0.39, 0.29) is 0 Å². The molecule has 7 heteroatoms. The highest BCUT2D eigenvalue weighted by Gasteiger charge is 2.12. The molecule has 3 aromatic rings. The quantitative estimate of drug-likeness (QED) is 0.607. The van der Waals surface area contributed by atoms with Crippen LogP contribution in [0, 0.1) is 6.92 Å². The van der Waals surface area contributed by atoms with Crippen molar-refractivity contribution < 1.29 is 0 Å². The molecule has 0 aliphatic carbocycles. The van der Waals surface area contributed by atoms with Gasteiger partial charge in [0.2, 0.25) is 0 Å². The van der Waals surface area contributed by atoms with Crippen LogP contribution in [0.3, 0.4) is 0 Å². The first kappa shape index (κ1) is 14.2. The monoisotopic (exact) mass is 389 g/mol. The van der Waals surface area contributed by atoms with Crippen molar-refractivity contribution in [2.45, 2.75) is 13.5 Å². The molecule has 0 bridgehead atoms. The summed E-state index contributed by atoms with van der Waals surface area (Å²) >= 11 is 17.3. The number of halogens is 3. The SMILES string of the molecule is Cc1nc2sccn2c1CNc1ccc(Br)c(Cl)c1Cl. The van der Waals surface area contributed by atoms with Crippen LogP contribution in [0.5, 0.6) is 0 Å². The second-order valence-corrected chi connectivity index (χ2v) is 6.76. The van der Waals surface area contributed by atoms with Crippen LogP contribution in [-0.2, 0) is 6.54 Å². The van der Waals surface area contributed by atoms with Gasteiger partial charge in [0.1, 0.15) is 0 Å². The van der Waals surface area contributed by atoms with Crippen molar-refractivity contribution in [2.75, 3.05) is 5.32 Å². The lowest BCUT2D eigenvalue weighted by atomic mass is 10.3. The fraction of sp³-hybridized carbons (Fsp3) is 0.154. The van der Waals surface area contributed by atoms with E-state index in [2.05, 4.69) is 30.6 Å². The van der Waals surface area contributed by atoms with Crippen molar-refractivity contribution in [3.63, 3.8) is 0 Å². The van der Waals surface area contributed by atoms with Gasteiger partial charge in [-0.2, -0.15) is 0 Å². The topological polar surface area (TPSA) is 29.3 Å². The first-order valence-corrected chi connectivity index (χ1v) is 8.29. The lowest BCUT2D eigenvalue weighted by Crippen LogP contribution is -2.04. The second-order valence-electron chi connectivity index (χ2n) is 4.28. The summed E-state index contributed by atoms with van der Waals surface area (Å²) in [6, 6.07) is 3.78. The summed E-state index contributed by atoms with van der Waals surface area (Å²) in [5.74, 6) is 0. The minimum absolute atomic E-state index is 0.516. The van der Waals surface area contributed by atoms with E-state index in [1.54, 1.807) is 11.3 Å². The second kappa shape index (κ2) is 5.56. The van der Waals surface area contributed by atoms with Gasteiger partial charge in [0.25, 0.3) is 0 Å². The maximum Gasteiger partial charge on any atom is 0.194 e. The summed E-state index contributed by atoms with van der Waals surface area (Å²) < 4.78 is 2.87. The van der Waals surface area contributed by atoms with Crippen LogP contribution in [0.4, 0.5) is 5.69 Å². The zero-order chi connectivity index (χ0) is 14.3. The predicted octanol–water partition coefficient (Wildman–Crippen LogP) is 5.39. The lowest BCUT2D eigenvalue weighted by Gasteiger charge is -2.10. The number of aromatic nitrogens is 2. The fourth-order valence-electron chi connectivity index (χ4n) is 2.00. The number of anilines is 1. The van der Waals surface area contributed by atoms with Gasteiger partial charge in [-0.15, -0.1) is 11.3 Å². The van der Waals surface area contributed by atoms with Crippen LogP contribution in [-0.4, -0.2) is 9.38 Å². The number of thiazole rings is 1. The van der Waals surface area contributed by atoms with Gasteiger partial charge in [-0.3, -0.25) is 4.40 Å². The molecule has 104 valence electrons. The Labute approximate surface area is 138 Å². The number of fused-ring (bicyclic) bond motifs is 1. The Morgan fingerprint density at radius 1 is 1.35 bits per heavy atom. The van der Waals surface area contributed by atoms with Gasteiger partial charge in [0, 0.05) is 16.0 Å². The zero-order valence-electron chi connectivity index (χ0n) is 10.5. The molecule has 0 amide bonds. The van der Waals surface area contributed by atoms with Crippen LogP contribution in [0.25, 0.3) is 4.96 Å². The normalized spacial score (nSPS) is 11.2. The molecule has 3 nitrogen and oxygen atoms in total. The van der Waals surface area contributed by atoms with E-state index in [0.717, 1.165) is 26.5 Å². The van der Waals surface area contributed by atoms with Gasteiger partial charge in [-0.25, -0.2) is 4.98 Å². The predicted molar refractivity (Wildman–Crippen MR) is 89.3 cm³/mol. The summed E-state index contributed by atoms with van der Waals surface area (Å²) in [5.41, 5.74) is 2.95. The highest BCUT2D eigenvalue weighted by Crippen LogP contribution is 2.36. The highest BCUT2D eigenvalue weighted by atomic mass is 79.9. The van der Waals surface area contributed by atoms with Crippen LogP contribution < -0.4 is 5.32 Å². The Bertz CT molecular complexity index is 781. The first-order valence-electron chi connectivity index (χ1n) is 5.86. The van der Waals surface area contributed by atoms with E-state index < -0.39 is 0 Å². The summed E-state index contributed by atoms with van der Waals surface area (Å²) in [7, 11) is 0. The Hall–Kier alpha value is -0.750. The zero-order valence-corrected chi connectivity index (χ0v) is 14.4. The fourth-order valence-corrected chi connectivity index (χ4v) is 3.61. The van der Waals surface area contributed by atoms with E-state index in [4.69, 9.17) is 23.2 Å². The number of rotatable bonds is 3. The minimum atomic E-state index is 0.516. The Morgan fingerprint density at radius 3 is 2.95 bits per heavy atom. The van der Waals surface area contributed by atoms with E-state index in [9.17, 15) is 0 Å². The molecule has 2 heterocycles. The Kier molecular flexibility index (Phi) is 3.95. The molecule has 2 aromatic heterocycles.